The molecule has 1 amide bonds. The van der Waals surface area contributed by atoms with Gasteiger partial charge in [0.1, 0.15) is 0 Å². The summed E-state index contributed by atoms with van der Waals surface area (Å²) >= 11 is 0. The molecule has 0 unspecified atom stereocenters. The maximum atomic E-state index is 11.9. The van der Waals surface area contributed by atoms with Crippen molar-refractivity contribution in [3.63, 3.8) is 0 Å². The lowest BCUT2D eigenvalue weighted by atomic mass is 10.1. The summed E-state index contributed by atoms with van der Waals surface area (Å²) in [4.78, 5) is 14.0. The third-order valence-electron chi connectivity index (χ3n) is 3.36. The fraction of sp³-hybridized carbons (Fsp3) is 0.500. The van der Waals surface area contributed by atoms with Crippen LogP contribution in [0.1, 0.15) is 18.1 Å². The summed E-state index contributed by atoms with van der Waals surface area (Å²) in [6.07, 6.45) is 0.923. The first-order chi connectivity index (χ1) is 8.60. The number of hydrogen-bond donors (Lipinski definition) is 2. The molecule has 1 aromatic rings. The van der Waals surface area contributed by atoms with Crippen molar-refractivity contribution in [3.8, 4) is 0 Å². The van der Waals surface area contributed by atoms with E-state index in [-0.39, 0.29) is 11.9 Å². The molecule has 0 atom stereocenters. The minimum Gasteiger partial charge on any atom is -0.325 e. The fourth-order valence-electron chi connectivity index (χ4n) is 2.32. The molecule has 0 aliphatic carbocycles. The van der Waals surface area contributed by atoms with Gasteiger partial charge in [0.05, 0.1) is 6.54 Å². The number of anilines is 1. The number of benzene rings is 1. The van der Waals surface area contributed by atoms with E-state index in [0.717, 1.165) is 30.8 Å². The molecule has 98 valence electrons. The molecule has 4 nitrogen and oxygen atoms in total. The van der Waals surface area contributed by atoms with Crippen LogP contribution in [0.3, 0.4) is 0 Å². The van der Waals surface area contributed by atoms with Gasteiger partial charge in [0.25, 0.3) is 0 Å². The van der Waals surface area contributed by atoms with Crippen LogP contribution < -0.4 is 11.1 Å². The van der Waals surface area contributed by atoms with Crippen LogP contribution >= 0.6 is 0 Å². The minimum atomic E-state index is 0.0471. The molecule has 3 N–H and O–H groups in total. The lowest BCUT2D eigenvalue weighted by Crippen LogP contribution is -2.57. The van der Waals surface area contributed by atoms with Crippen LogP contribution in [0.25, 0.3) is 0 Å². The number of aryl methyl sites for hydroxylation is 2. The van der Waals surface area contributed by atoms with Gasteiger partial charge in [0.2, 0.25) is 5.91 Å². The molecule has 4 heteroatoms. The van der Waals surface area contributed by atoms with Gasteiger partial charge in [-0.25, -0.2) is 0 Å². The largest absolute Gasteiger partial charge is 0.325 e. The third-order valence-corrected chi connectivity index (χ3v) is 3.36. The Kier molecular flexibility index (Phi) is 3.99. The minimum absolute atomic E-state index is 0.0471. The van der Waals surface area contributed by atoms with Crippen molar-refractivity contribution in [2.45, 2.75) is 26.3 Å². The van der Waals surface area contributed by atoms with Gasteiger partial charge in [0.15, 0.2) is 0 Å². The van der Waals surface area contributed by atoms with Gasteiger partial charge in [-0.15, -0.1) is 0 Å². The zero-order valence-corrected chi connectivity index (χ0v) is 11.1. The molecule has 0 bridgehead atoms. The van der Waals surface area contributed by atoms with Crippen molar-refractivity contribution in [1.29, 1.82) is 0 Å². The zero-order valence-electron chi connectivity index (χ0n) is 11.1. The molecule has 0 spiro atoms. The topological polar surface area (TPSA) is 58.4 Å². The number of carbonyl (C=O) groups is 1. The summed E-state index contributed by atoms with van der Waals surface area (Å²) in [5.74, 6) is 0.0471. The van der Waals surface area contributed by atoms with Crippen LogP contribution in [0.4, 0.5) is 5.69 Å². The zero-order chi connectivity index (χ0) is 13.1. The van der Waals surface area contributed by atoms with Crippen molar-refractivity contribution in [3.05, 3.63) is 29.3 Å². The van der Waals surface area contributed by atoms with Crippen LogP contribution in [0, 0.1) is 6.92 Å². The molecule has 1 aliphatic heterocycles. The van der Waals surface area contributed by atoms with E-state index in [0.29, 0.717) is 6.54 Å². The Morgan fingerprint density at radius 2 is 2.22 bits per heavy atom. The number of para-hydroxylation sites is 1. The molecular formula is C14H21N3O. The van der Waals surface area contributed by atoms with Gasteiger partial charge in [-0.1, -0.05) is 25.1 Å². The van der Waals surface area contributed by atoms with Gasteiger partial charge in [-0.05, 0) is 24.5 Å². The highest BCUT2D eigenvalue weighted by molar-refractivity contribution is 5.93. The number of amides is 1. The van der Waals surface area contributed by atoms with Gasteiger partial charge >= 0.3 is 0 Å². The number of hydrogen-bond acceptors (Lipinski definition) is 3. The van der Waals surface area contributed by atoms with E-state index in [1.807, 2.05) is 19.1 Å². The van der Waals surface area contributed by atoms with E-state index >= 15 is 0 Å². The van der Waals surface area contributed by atoms with Gasteiger partial charge in [-0.2, -0.15) is 0 Å². The Morgan fingerprint density at radius 3 is 2.83 bits per heavy atom. The second kappa shape index (κ2) is 5.50. The van der Waals surface area contributed by atoms with Crippen LogP contribution in [0.5, 0.6) is 0 Å². The highest BCUT2D eigenvalue weighted by atomic mass is 16.2. The first-order valence-electron chi connectivity index (χ1n) is 6.46. The van der Waals surface area contributed by atoms with Crippen LogP contribution in [-0.4, -0.2) is 36.5 Å². The van der Waals surface area contributed by atoms with Crippen LogP contribution in [0.2, 0.25) is 0 Å². The van der Waals surface area contributed by atoms with Crippen molar-refractivity contribution >= 4 is 11.6 Å². The monoisotopic (exact) mass is 247 g/mol. The Morgan fingerprint density at radius 1 is 1.50 bits per heavy atom. The molecule has 2 rings (SSSR count). The predicted molar refractivity (Wildman–Crippen MR) is 73.6 cm³/mol. The Bertz CT molecular complexity index is 439. The van der Waals surface area contributed by atoms with E-state index in [4.69, 9.17) is 5.73 Å². The molecule has 1 aliphatic rings. The second-order valence-corrected chi connectivity index (χ2v) is 4.96. The van der Waals surface area contributed by atoms with Gasteiger partial charge < -0.3 is 11.1 Å². The van der Waals surface area contributed by atoms with Gasteiger partial charge in [-0.3, -0.25) is 9.69 Å². The molecular weight excluding hydrogens is 226 g/mol. The summed E-state index contributed by atoms with van der Waals surface area (Å²) in [6.45, 7) is 6.20. The molecule has 1 saturated heterocycles. The number of rotatable bonds is 4. The van der Waals surface area contributed by atoms with Crippen LogP contribution in [-0.2, 0) is 11.2 Å². The highest BCUT2D eigenvalue weighted by Gasteiger charge is 2.24. The van der Waals surface area contributed by atoms with E-state index in [1.54, 1.807) is 0 Å². The lowest BCUT2D eigenvalue weighted by Gasteiger charge is -2.36. The standard InChI is InChI=1S/C14H21N3O/c1-3-11-6-4-5-10(2)14(11)16-13(18)9-17-7-12(15)8-17/h4-6,12H,3,7-9,15H2,1-2H3,(H,16,18). The van der Waals surface area contributed by atoms with E-state index in [2.05, 4.69) is 23.2 Å². The van der Waals surface area contributed by atoms with E-state index in [1.165, 1.54) is 5.56 Å². The lowest BCUT2D eigenvalue weighted by molar-refractivity contribution is -0.118. The Balaban J connectivity index is 1.98. The first kappa shape index (κ1) is 13.1. The van der Waals surface area contributed by atoms with E-state index < -0.39 is 0 Å². The van der Waals surface area contributed by atoms with Crippen molar-refractivity contribution in [2.24, 2.45) is 5.73 Å². The smallest absolute Gasteiger partial charge is 0.238 e. The molecule has 18 heavy (non-hydrogen) atoms. The van der Waals surface area contributed by atoms with Crippen molar-refractivity contribution < 1.29 is 4.79 Å². The number of nitrogens with one attached hydrogen (secondary N) is 1. The molecule has 0 radical (unpaired) electrons. The van der Waals surface area contributed by atoms with Gasteiger partial charge in [0, 0.05) is 24.8 Å². The van der Waals surface area contributed by atoms with E-state index in [9.17, 15) is 4.79 Å². The SMILES string of the molecule is CCc1cccc(C)c1NC(=O)CN1CC(N)C1. The molecule has 1 fully saturated rings. The average molecular weight is 247 g/mol. The molecule has 1 aromatic carbocycles. The summed E-state index contributed by atoms with van der Waals surface area (Å²) in [7, 11) is 0. The molecule has 0 aromatic heterocycles. The maximum absolute atomic E-state index is 11.9. The quantitative estimate of drug-likeness (QED) is 0.839. The number of nitrogens with two attached hydrogens (primary N) is 1. The molecule has 0 saturated carbocycles. The Hall–Kier alpha value is -1.39. The van der Waals surface area contributed by atoms with Crippen molar-refractivity contribution in [2.75, 3.05) is 25.0 Å². The fourth-order valence-corrected chi connectivity index (χ4v) is 2.32. The summed E-state index contributed by atoms with van der Waals surface area (Å²) < 4.78 is 0. The van der Waals surface area contributed by atoms with Crippen LogP contribution in [0.15, 0.2) is 18.2 Å². The molecule has 1 heterocycles. The Labute approximate surface area is 108 Å². The second-order valence-electron chi connectivity index (χ2n) is 4.96. The summed E-state index contributed by atoms with van der Waals surface area (Å²) in [5, 5.41) is 3.02. The average Bonchev–Trinajstić information content (AvgIpc) is 2.30. The first-order valence-corrected chi connectivity index (χ1v) is 6.46. The highest BCUT2D eigenvalue weighted by Crippen LogP contribution is 2.21. The number of likely N-dealkylation sites (tertiary alicyclic amines) is 1. The summed E-state index contributed by atoms with van der Waals surface area (Å²) in [5.41, 5.74) is 8.96. The number of carbonyl (C=O) groups excluding carboxylic acids is 1. The number of nitrogens with zero attached hydrogens (tertiary/aromatic N) is 1. The van der Waals surface area contributed by atoms with Crippen molar-refractivity contribution in [1.82, 2.24) is 4.90 Å². The summed E-state index contributed by atoms with van der Waals surface area (Å²) in [6, 6.07) is 6.34. The predicted octanol–water partition coefficient (Wildman–Crippen LogP) is 1.14. The maximum Gasteiger partial charge on any atom is 0.238 e. The third kappa shape index (κ3) is 2.89. The normalized spacial score (nSPS) is 16.4.